The third-order valence-corrected chi connectivity index (χ3v) is 5.92. The Balaban J connectivity index is 2.74. The molecule has 0 aromatic heterocycles. The van der Waals surface area contributed by atoms with Crippen LogP contribution in [0.2, 0.25) is 0 Å². The lowest BCUT2D eigenvalue weighted by atomic mass is 9.97. The molecule has 1 atom stereocenters. The Morgan fingerprint density at radius 3 is 2.50 bits per heavy atom. The molecule has 0 heterocycles. The van der Waals surface area contributed by atoms with E-state index in [1.807, 2.05) is 24.3 Å². The highest BCUT2D eigenvalue weighted by Crippen LogP contribution is 2.18. The molecule has 0 bridgehead atoms. The Morgan fingerprint density at radius 2 is 2.00 bits per heavy atom. The molecule has 1 unspecified atom stereocenters. The van der Waals surface area contributed by atoms with Crippen molar-refractivity contribution in [3.63, 3.8) is 0 Å². The van der Waals surface area contributed by atoms with Gasteiger partial charge in [-0.2, -0.15) is 0 Å². The van der Waals surface area contributed by atoms with Crippen molar-refractivity contribution in [2.24, 2.45) is 5.92 Å². The molecule has 0 amide bonds. The zero-order chi connectivity index (χ0) is 15.3. The number of rotatable bonds is 7. The Hall–Kier alpha value is -0.880. The lowest BCUT2D eigenvalue weighted by Crippen LogP contribution is -2.24. The van der Waals surface area contributed by atoms with Gasteiger partial charge in [-0.1, -0.05) is 28.1 Å². The second kappa shape index (κ2) is 7.22. The first-order valence-electron chi connectivity index (χ1n) is 6.41. The summed E-state index contributed by atoms with van der Waals surface area (Å²) < 4.78 is 24.4. The standard InChI is InChI=1S/C14H19BrO4S/c1-10(2)20(18,19)7-6-12(14(16)17)8-11-4-3-5-13(15)9-11/h3-5,9-10,12H,6-8H2,1-2H3,(H,16,17). The van der Waals surface area contributed by atoms with Crippen molar-refractivity contribution >= 4 is 31.7 Å². The summed E-state index contributed by atoms with van der Waals surface area (Å²) in [7, 11) is -3.20. The van der Waals surface area contributed by atoms with E-state index in [4.69, 9.17) is 0 Å². The summed E-state index contributed by atoms with van der Waals surface area (Å²) in [5.74, 6) is -1.72. The van der Waals surface area contributed by atoms with Gasteiger partial charge in [0.1, 0.15) is 0 Å². The summed E-state index contributed by atoms with van der Waals surface area (Å²) in [6, 6.07) is 7.40. The molecule has 0 saturated heterocycles. The summed E-state index contributed by atoms with van der Waals surface area (Å²) in [5, 5.41) is 8.76. The van der Waals surface area contributed by atoms with Crippen LogP contribution < -0.4 is 0 Å². The molecular formula is C14H19BrO4S. The van der Waals surface area contributed by atoms with Crippen LogP contribution in [0.5, 0.6) is 0 Å². The molecule has 20 heavy (non-hydrogen) atoms. The molecule has 0 radical (unpaired) electrons. The second-order valence-corrected chi connectivity index (χ2v) is 8.67. The average Bonchev–Trinajstić information content (AvgIpc) is 2.34. The molecule has 1 N–H and O–H groups in total. The first-order valence-corrected chi connectivity index (χ1v) is 8.92. The highest BCUT2D eigenvalue weighted by atomic mass is 79.9. The minimum absolute atomic E-state index is 0.0877. The molecule has 1 rings (SSSR count). The van der Waals surface area contributed by atoms with E-state index < -0.39 is 27.0 Å². The quantitative estimate of drug-likeness (QED) is 0.809. The van der Waals surface area contributed by atoms with Crippen molar-refractivity contribution in [3.8, 4) is 0 Å². The van der Waals surface area contributed by atoms with Gasteiger partial charge < -0.3 is 5.11 Å². The first-order chi connectivity index (χ1) is 9.22. The van der Waals surface area contributed by atoms with Crippen molar-refractivity contribution in [3.05, 3.63) is 34.3 Å². The van der Waals surface area contributed by atoms with Crippen molar-refractivity contribution in [2.75, 3.05) is 5.75 Å². The number of hydrogen-bond donors (Lipinski definition) is 1. The maximum atomic E-state index is 11.8. The molecular weight excluding hydrogens is 344 g/mol. The van der Waals surface area contributed by atoms with Gasteiger partial charge in [-0.15, -0.1) is 0 Å². The van der Waals surface area contributed by atoms with E-state index >= 15 is 0 Å². The molecule has 0 spiro atoms. The van der Waals surface area contributed by atoms with Gasteiger partial charge in [0.25, 0.3) is 0 Å². The molecule has 0 aliphatic carbocycles. The van der Waals surface area contributed by atoms with Gasteiger partial charge >= 0.3 is 5.97 Å². The van der Waals surface area contributed by atoms with E-state index in [9.17, 15) is 18.3 Å². The largest absolute Gasteiger partial charge is 0.481 e. The van der Waals surface area contributed by atoms with Crippen LogP contribution >= 0.6 is 15.9 Å². The van der Waals surface area contributed by atoms with Gasteiger partial charge in [0.05, 0.1) is 16.9 Å². The number of aliphatic carboxylic acids is 1. The van der Waals surface area contributed by atoms with Gasteiger partial charge in [-0.05, 0) is 44.4 Å². The van der Waals surface area contributed by atoms with E-state index in [1.54, 1.807) is 13.8 Å². The molecule has 4 nitrogen and oxygen atoms in total. The van der Waals surface area contributed by atoms with Crippen LogP contribution in [0.1, 0.15) is 25.8 Å². The number of carboxylic acid groups (broad SMARTS) is 1. The van der Waals surface area contributed by atoms with Crippen LogP contribution in [0, 0.1) is 5.92 Å². The normalized spacial score (nSPS) is 13.4. The zero-order valence-electron chi connectivity index (χ0n) is 11.5. The molecule has 0 saturated carbocycles. The topological polar surface area (TPSA) is 71.4 Å². The highest BCUT2D eigenvalue weighted by Gasteiger charge is 2.23. The van der Waals surface area contributed by atoms with Crippen LogP contribution in [0.4, 0.5) is 0 Å². The van der Waals surface area contributed by atoms with Crippen LogP contribution in [-0.2, 0) is 21.1 Å². The minimum Gasteiger partial charge on any atom is -0.481 e. The fourth-order valence-electron chi connectivity index (χ4n) is 1.80. The van der Waals surface area contributed by atoms with E-state index in [0.29, 0.717) is 6.42 Å². The lowest BCUT2D eigenvalue weighted by molar-refractivity contribution is -0.141. The SMILES string of the molecule is CC(C)S(=O)(=O)CCC(Cc1cccc(Br)c1)C(=O)O. The summed E-state index contributed by atoms with van der Waals surface area (Å²) in [5.41, 5.74) is 0.883. The Kier molecular flexibility index (Phi) is 6.20. The van der Waals surface area contributed by atoms with Gasteiger partial charge in [0, 0.05) is 4.47 Å². The molecule has 112 valence electrons. The fourth-order valence-corrected chi connectivity index (χ4v) is 3.33. The van der Waals surface area contributed by atoms with Crippen molar-refractivity contribution in [1.82, 2.24) is 0 Å². The highest BCUT2D eigenvalue weighted by molar-refractivity contribution is 9.10. The van der Waals surface area contributed by atoms with Crippen LogP contribution in [0.3, 0.4) is 0 Å². The summed E-state index contributed by atoms with van der Waals surface area (Å²) in [6.45, 7) is 3.22. The summed E-state index contributed by atoms with van der Waals surface area (Å²) >= 11 is 3.34. The van der Waals surface area contributed by atoms with E-state index in [1.165, 1.54) is 0 Å². The Labute approximate surface area is 128 Å². The zero-order valence-corrected chi connectivity index (χ0v) is 13.9. The third-order valence-electron chi connectivity index (χ3n) is 3.19. The predicted octanol–water partition coefficient (Wildman–Crippen LogP) is 2.91. The average molecular weight is 363 g/mol. The smallest absolute Gasteiger partial charge is 0.306 e. The van der Waals surface area contributed by atoms with E-state index in [0.717, 1.165) is 10.0 Å². The maximum Gasteiger partial charge on any atom is 0.306 e. The Morgan fingerprint density at radius 1 is 1.35 bits per heavy atom. The van der Waals surface area contributed by atoms with Gasteiger partial charge in [-0.3, -0.25) is 4.79 Å². The lowest BCUT2D eigenvalue weighted by Gasteiger charge is -2.14. The maximum absolute atomic E-state index is 11.8. The molecule has 6 heteroatoms. The number of carboxylic acids is 1. The van der Waals surface area contributed by atoms with Gasteiger partial charge in [0.15, 0.2) is 9.84 Å². The van der Waals surface area contributed by atoms with Crippen LogP contribution in [0.25, 0.3) is 0 Å². The van der Waals surface area contributed by atoms with E-state index in [2.05, 4.69) is 15.9 Å². The molecule has 0 aliphatic rings. The van der Waals surface area contributed by atoms with Gasteiger partial charge in [-0.25, -0.2) is 8.42 Å². The fraction of sp³-hybridized carbons (Fsp3) is 0.500. The number of carbonyl (C=O) groups is 1. The van der Waals surface area contributed by atoms with Crippen LogP contribution in [0.15, 0.2) is 28.7 Å². The molecule has 0 fully saturated rings. The van der Waals surface area contributed by atoms with E-state index in [-0.39, 0.29) is 12.2 Å². The van der Waals surface area contributed by atoms with Crippen molar-refractivity contribution in [2.45, 2.75) is 31.9 Å². The summed E-state index contributed by atoms with van der Waals surface area (Å²) in [6.07, 6.45) is 0.477. The first kappa shape index (κ1) is 17.2. The number of benzene rings is 1. The number of hydrogen-bond acceptors (Lipinski definition) is 3. The van der Waals surface area contributed by atoms with Crippen molar-refractivity contribution < 1.29 is 18.3 Å². The van der Waals surface area contributed by atoms with Gasteiger partial charge in [0.2, 0.25) is 0 Å². The molecule has 1 aromatic carbocycles. The summed E-state index contributed by atoms with van der Waals surface area (Å²) in [4.78, 5) is 11.3. The second-order valence-electron chi connectivity index (χ2n) is 5.07. The number of sulfone groups is 1. The minimum atomic E-state index is -3.20. The molecule has 0 aliphatic heterocycles. The predicted molar refractivity (Wildman–Crippen MR) is 82.5 cm³/mol. The molecule has 1 aromatic rings. The number of halogens is 1. The van der Waals surface area contributed by atoms with Crippen molar-refractivity contribution in [1.29, 1.82) is 0 Å². The monoisotopic (exact) mass is 362 g/mol. The Bertz CT molecular complexity index is 566. The third kappa shape index (κ3) is 5.25. The van der Waals surface area contributed by atoms with Crippen LogP contribution in [-0.4, -0.2) is 30.5 Å².